The summed E-state index contributed by atoms with van der Waals surface area (Å²) in [6, 6.07) is 10.9. The Bertz CT molecular complexity index is 942. The van der Waals surface area contributed by atoms with Crippen LogP contribution in [0.5, 0.6) is 0 Å². The number of anilines is 2. The van der Waals surface area contributed by atoms with Gasteiger partial charge in [0.05, 0.1) is 10.6 Å². The minimum atomic E-state index is -0.301. The molecule has 1 amide bonds. The predicted molar refractivity (Wildman–Crippen MR) is 99.8 cm³/mol. The number of para-hydroxylation sites is 2. The van der Waals surface area contributed by atoms with Crippen molar-refractivity contribution >= 4 is 38.3 Å². The molecule has 0 atom stereocenters. The van der Waals surface area contributed by atoms with E-state index in [-0.39, 0.29) is 17.6 Å². The molecule has 0 spiro atoms. The fourth-order valence-corrected chi connectivity index (χ4v) is 4.07. The summed E-state index contributed by atoms with van der Waals surface area (Å²) in [5.41, 5.74) is 3.43. The van der Waals surface area contributed by atoms with Crippen molar-refractivity contribution in [3.8, 4) is 0 Å². The van der Waals surface area contributed by atoms with Crippen LogP contribution in [0.4, 0.5) is 15.2 Å². The second-order valence-corrected chi connectivity index (χ2v) is 7.45. The quantitative estimate of drug-likeness (QED) is 0.768. The van der Waals surface area contributed by atoms with Gasteiger partial charge in [0.15, 0.2) is 5.13 Å². The molecule has 4 nitrogen and oxygen atoms in total. The number of carbonyl (C=O) groups is 1. The van der Waals surface area contributed by atoms with Crippen molar-refractivity contribution in [1.82, 2.24) is 4.98 Å². The highest BCUT2D eigenvalue weighted by Crippen LogP contribution is 2.34. The second kappa shape index (κ2) is 6.11. The van der Waals surface area contributed by atoms with Gasteiger partial charge < -0.3 is 10.2 Å². The van der Waals surface area contributed by atoms with Gasteiger partial charge in [0.25, 0.3) is 0 Å². The number of thiazole rings is 1. The number of amides is 1. The molecule has 0 bridgehead atoms. The average molecular weight is 355 g/mol. The molecular weight excluding hydrogens is 337 g/mol. The van der Waals surface area contributed by atoms with E-state index in [0.29, 0.717) is 18.6 Å². The Labute approximate surface area is 149 Å². The summed E-state index contributed by atoms with van der Waals surface area (Å²) in [4.78, 5) is 18.9. The largest absolute Gasteiger partial charge is 0.346 e. The number of aromatic nitrogens is 1. The van der Waals surface area contributed by atoms with E-state index in [1.165, 1.54) is 17.4 Å². The van der Waals surface area contributed by atoms with Gasteiger partial charge in [-0.1, -0.05) is 35.6 Å². The van der Waals surface area contributed by atoms with Crippen molar-refractivity contribution in [2.45, 2.75) is 13.8 Å². The Morgan fingerprint density at radius 2 is 1.88 bits per heavy atom. The first kappa shape index (κ1) is 16.0. The highest BCUT2D eigenvalue weighted by molar-refractivity contribution is 7.22. The van der Waals surface area contributed by atoms with E-state index in [2.05, 4.69) is 10.3 Å². The van der Waals surface area contributed by atoms with E-state index in [0.717, 1.165) is 26.6 Å². The monoisotopic (exact) mass is 355 g/mol. The number of carbonyl (C=O) groups excluding carboxylic acids is 1. The van der Waals surface area contributed by atoms with Crippen molar-refractivity contribution in [2.75, 3.05) is 23.3 Å². The molecule has 2 aromatic carbocycles. The maximum atomic E-state index is 13.8. The van der Waals surface area contributed by atoms with Crippen LogP contribution in [-0.2, 0) is 4.79 Å². The molecule has 1 fully saturated rings. The van der Waals surface area contributed by atoms with Crippen LogP contribution in [0.25, 0.3) is 10.2 Å². The third-order valence-electron chi connectivity index (χ3n) is 4.61. The number of benzene rings is 2. The van der Waals surface area contributed by atoms with Crippen LogP contribution in [0.3, 0.4) is 0 Å². The zero-order valence-corrected chi connectivity index (χ0v) is 14.9. The molecule has 2 heterocycles. The number of rotatable bonds is 3. The summed E-state index contributed by atoms with van der Waals surface area (Å²) >= 11 is 1.46. The van der Waals surface area contributed by atoms with Crippen LogP contribution in [0.1, 0.15) is 11.1 Å². The molecule has 1 aromatic heterocycles. The predicted octanol–water partition coefficient (Wildman–Crippen LogP) is 4.13. The molecule has 0 unspecified atom stereocenters. The van der Waals surface area contributed by atoms with Gasteiger partial charge in [-0.25, -0.2) is 9.37 Å². The first-order valence-electron chi connectivity index (χ1n) is 8.20. The third kappa shape index (κ3) is 2.87. The maximum absolute atomic E-state index is 13.8. The number of fused-ring (bicyclic) bond motifs is 1. The van der Waals surface area contributed by atoms with Gasteiger partial charge in [-0.2, -0.15) is 0 Å². The van der Waals surface area contributed by atoms with Crippen LogP contribution >= 0.6 is 11.3 Å². The molecular formula is C19H18FN3OS. The van der Waals surface area contributed by atoms with Gasteiger partial charge in [0, 0.05) is 18.8 Å². The standard InChI is InChI=1S/C19H18FN3OS/c1-11-5-3-6-12(2)16(11)21-18(24)13-9-23(10-13)19-22-17-14(20)7-4-8-15(17)25-19/h3-8,13H,9-10H2,1-2H3,(H,21,24). The fourth-order valence-electron chi connectivity index (χ4n) is 3.08. The van der Waals surface area contributed by atoms with Gasteiger partial charge in [-0.15, -0.1) is 0 Å². The van der Waals surface area contributed by atoms with E-state index in [4.69, 9.17) is 0 Å². The molecule has 1 aliphatic rings. The Morgan fingerprint density at radius 3 is 2.56 bits per heavy atom. The average Bonchev–Trinajstić information content (AvgIpc) is 2.95. The summed E-state index contributed by atoms with van der Waals surface area (Å²) in [6.45, 7) is 5.20. The molecule has 1 aliphatic heterocycles. The summed E-state index contributed by atoms with van der Waals surface area (Å²) in [7, 11) is 0. The molecule has 0 radical (unpaired) electrons. The third-order valence-corrected chi connectivity index (χ3v) is 5.69. The Morgan fingerprint density at radius 1 is 1.20 bits per heavy atom. The lowest BCUT2D eigenvalue weighted by atomic mass is 9.99. The number of nitrogens with one attached hydrogen (secondary N) is 1. The van der Waals surface area contributed by atoms with Gasteiger partial charge >= 0.3 is 0 Å². The Balaban J connectivity index is 1.44. The molecule has 1 saturated heterocycles. The number of halogens is 1. The molecule has 4 rings (SSSR count). The summed E-state index contributed by atoms with van der Waals surface area (Å²) in [6.07, 6.45) is 0. The highest BCUT2D eigenvalue weighted by atomic mass is 32.1. The topological polar surface area (TPSA) is 45.2 Å². The smallest absolute Gasteiger partial charge is 0.231 e. The van der Waals surface area contributed by atoms with Crippen molar-refractivity contribution in [1.29, 1.82) is 0 Å². The van der Waals surface area contributed by atoms with Crippen molar-refractivity contribution < 1.29 is 9.18 Å². The molecule has 0 aliphatic carbocycles. The van der Waals surface area contributed by atoms with Gasteiger partial charge in [0.2, 0.25) is 5.91 Å². The summed E-state index contributed by atoms with van der Waals surface area (Å²) < 4.78 is 14.6. The summed E-state index contributed by atoms with van der Waals surface area (Å²) in [5.74, 6) is -0.346. The minimum Gasteiger partial charge on any atom is -0.346 e. The first-order valence-corrected chi connectivity index (χ1v) is 9.01. The molecule has 128 valence electrons. The van der Waals surface area contributed by atoms with Crippen LogP contribution in [0, 0.1) is 25.6 Å². The fraction of sp³-hybridized carbons (Fsp3) is 0.263. The maximum Gasteiger partial charge on any atom is 0.231 e. The molecule has 0 saturated carbocycles. The lowest BCUT2D eigenvalue weighted by molar-refractivity contribution is -0.120. The lowest BCUT2D eigenvalue weighted by Crippen LogP contribution is -2.52. The van der Waals surface area contributed by atoms with E-state index in [1.54, 1.807) is 6.07 Å². The molecule has 6 heteroatoms. The van der Waals surface area contributed by atoms with Crippen LogP contribution in [0.15, 0.2) is 36.4 Å². The second-order valence-electron chi connectivity index (χ2n) is 6.44. The van der Waals surface area contributed by atoms with Crippen LogP contribution < -0.4 is 10.2 Å². The summed E-state index contributed by atoms with van der Waals surface area (Å²) in [5, 5.41) is 3.82. The zero-order chi connectivity index (χ0) is 17.6. The highest BCUT2D eigenvalue weighted by Gasteiger charge is 2.34. The van der Waals surface area contributed by atoms with Crippen molar-refractivity contribution in [3.63, 3.8) is 0 Å². The minimum absolute atomic E-state index is 0.0286. The van der Waals surface area contributed by atoms with Crippen LogP contribution in [0.2, 0.25) is 0 Å². The zero-order valence-electron chi connectivity index (χ0n) is 14.0. The number of hydrogen-bond donors (Lipinski definition) is 1. The van der Waals surface area contributed by atoms with E-state index in [9.17, 15) is 9.18 Å². The van der Waals surface area contributed by atoms with E-state index in [1.807, 2.05) is 43.0 Å². The Hall–Kier alpha value is -2.47. The van der Waals surface area contributed by atoms with Crippen molar-refractivity contribution in [3.05, 3.63) is 53.3 Å². The van der Waals surface area contributed by atoms with E-state index < -0.39 is 0 Å². The Kier molecular flexibility index (Phi) is 3.92. The normalized spacial score (nSPS) is 14.6. The van der Waals surface area contributed by atoms with Gasteiger partial charge in [-0.3, -0.25) is 4.79 Å². The molecule has 1 N–H and O–H groups in total. The van der Waals surface area contributed by atoms with Gasteiger partial charge in [-0.05, 0) is 37.1 Å². The SMILES string of the molecule is Cc1cccc(C)c1NC(=O)C1CN(c2nc3c(F)cccc3s2)C1. The first-order chi connectivity index (χ1) is 12.0. The number of hydrogen-bond acceptors (Lipinski definition) is 4. The lowest BCUT2D eigenvalue weighted by Gasteiger charge is -2.38. The van der Waals surface area contributed by atoms with Crippen LogP contribution in [-0.4, -0.2) is 24.0 Å². The molecule has 25 heavy (non-hydrogen) atoms. The number of aryl methyl sites for hydroxylation is 2. The van der Waals surface area contributed by atoms with Crippen molar-refractivity contribution in [2.24, 2.45) is 5.92 Å². The molecule has 3 aromatic rings. The van der Waals surface area contributed by atoms with E-state index >= 15 is 0 Å². The number of nitrogens with zero attached hydrogens (tertiary/aromatic N) is 2. The van der Waals surface area contributed by atoms with Gasteiger partial charge in [0.1, 0.15) is 11.3 Å².